The predicted molar refractivity (Wildman–Crippen MR) is 107 cm³/mol. The maximum Gasteiger partial charge on any atom is 0.0995 e. The van der Waals surface area contributed by atoms with E-state index in [0.717, 1.165) is 43.7 Å². The Balaban J connectivity index is 2.03. The van der Waals surface area contributed by atoms with Crippen LogP contribution in [0.2, 0.25) is 0 Å². The van der Waals surface area contributed by atoms with Crippen LogP contribution in [0.5, 0.6) is 0 Å². The molecule has 0 saturated carbocycles. The van der Waals surface area contributed by atoms with Crippen molar-refractivity contribution in [1.82, 2.24) is 15.0 Å². The fourth-order valence-corrected chi connectivity index (χ4v) is 3.90. The zero-order valence-corrected chi connectivity index (χ0v) is 13.8. The summed E-state index contributed by atoms with van der Waals surface area (Å²) < 4.78 is 0. The first kappa shape index (κ1) is 13.7. The SMILES string of the molecule is c1ccc2c(c1)ccc1c3ncccc3c3nc4ccccc4nc3c21. The molecule has 120 valence electrons. The van der Waals surface area contributed by atoms with Crippen molar-refractivity contribution in [3.8, 4) is 0 Å². The van der Waals surface area contributed by atoms with Gasteiger partial charge in [-0.25, -0.2) is 9.97 Å². The van der Waals surface area contributed by atoms with E-state index < -0.39 is 0 Å². The first-order valence-electron chi connectivity index (χ1n) is 8.65. The third kappa shape index (κ3) is 1.74. The van der Waals surface area contributed by atoms with Gasteiger partial charge in [0.05, 0.1) is 27.6 Å². The molecule has 0 aliphatic heterocycles. The maximum absolute atomic E-state index is 5.02. The van der Waals surface area contributed by atoms with Crippen LogP contribution in [0.1, 0.15) is 0 Å². The molecule has 0 saturated heterocycles. The summed E-state index contributed by atoms with van der Waals surface area (Å²) in [6.45, 7) is 0. The molecule has 3 nitrogen and oxygen atoms in total. The van der Waals surface area contributed by atoms with E-state index >= 15 is 0 Å². The van der Waals surface area contributed by atoms with E-state index in [9.17, 15) is 0 Å². The van der Waals surface area contributed by atoms with E-state index in [2.05, 4.69) is 47.4 Å². The van der Waals surface area contributed by atoms with E-state index in [0.29, 0.717) is 0 Å². The Morgan fingerprint density at radius 3 is 2.12 bits per heavy atom. The van der Waals surface area contributed by atoms with Gasteiger partial charge < -0.3 is 0 Å². The van der Waals surface area contributed by atoms with Gasteiger partial charge in [0.1, 0.15) is 0 Å². The number of rotatable bonds is 0. The second kappa shape index (κ2) is 4.96. The zero-order chi connectivity index (χ0) is 17.1. The standard InChI is InChI=1S/C23H13N3/c1-2-7-15-14(6-1)11-12-16-20(15)23-22(17-8-5-13-24-21(16)17)25-18-9-3-4-10-19(18)26-23/h1-13H. The maximum atomic E-state index is 5.02. The molecule has 6 rings (SSSR count). The molecule has 2 aromatic heterocycles. The second-order valence-corrected chi connectivity index (χ2v) is 6.52. The number of benzene rings is 4. The van der Waals surface area contributed by atoms with E-state index in [1.165, 1.54) is 10.8 Å². The van der Waals surface area contributed by atoms with Gasteiger partial charge >= 0.3 is 0 Å². The molecule has 0 spiro atoms. The largest absolute Gasteiger partial charge is 0.256 e. The molecule has 26 heavy (non-hydrogen) atoms. The molecule has 4 aromatic carbocycles. The van der Waals surface area contributed by atoms with Crippen LogP contribution in [0.4, 0.5) is 0 Å². The van der Waals surface area contributed by atoms with Crippen molar-refractivity contribution >= 4 is 54.5 Å². The van der Waals surface area contributed by atoms with Gasteiger partial charge in [-0.05, 0) is 35.0 Å². The Morgan fingerprint density at radius 1 is 0.500 bits per heavy atom. The molecule has 3 heteroatoms. The first-order valence-corrected chi connectivity index (χ1v) is 8.65. The Labute approximate surface area is 148 Å². The number of aromatic nitrogens is 3. The van der Waals surface area contributed by atoms with Crippen molar-refractivity contribution in [2.75, 3.05) is 0 Å². The summed E-state index contributed by atoms with van der Waals surface area (Å²) >= 11 is 0. The van der Waals surface area contributed by atoms with Crippen molar-refractivity contribution in [2.45, 2.75) is 0 Å². The Kier molecular flexibility index (Phi) is 2.61. The van der Waals surface area contributed by atoms with Gasteiger partial charge in [-0.2, -0.15) is 0 Å². The minimum atomic E-state index is 0.907. The van der Waals surface area contributed by atoms with E-state index in [1.807, 2.05) is 36.5 Å². The number of para-hydroxylation sites is 2. The first-order chi connectivity index (χ1) is 12.9. The fraction of sp³-hybridized carbons (Fsp3) is 0. The molecule has 0 aliphatic rings. The lowest BCUT2D eigenvalue weighted by molar-refractivity contribution is 1.40. The minimum Gasteiger partial charge on any atom is -0.256 e. The predicted octanol–water partition coefficient (Wildman–Crippen LogP) is 5.64. The lowest BCUT2D eigenvalue weighted by Crippen LogP contribution is -1.93. The monoisotopic (exact) mass is 331 g/mol. The smallest absolute Gasteiger partial charge is 0.0995 e. The van der Waals surface area contributed by atoms with Crippen molar-refractivity contribution < 1.29 is 0 Å². The van der Waals surface area contributed by atoms with Gasteiger partial charge in [-0.15, -0.1) is 0 Å². The normalized spacial score (nSPS) is 11.8. The van der Waals surface area contributed by atoms with E-state index in [4.69, 9.17) is 9.97 Å². The molecule has 0 radical (unpaired) electrons. The molecular formula is C23H13N3. The number of hydrogen-bond donors (Lipinski definition) is 0. The van der Waals surface area contributed by atoms with Gasteiger partial charge in [0, 0.05) is 22.4 Å². The van der Waals surface area contributed by atoms with Gasteiger partial charge in [0.15, 0.2) is 0 Å². The topological polar surface area (TPSA) is 38.7 Å². The Morgan fingerprint density at radius 2 is 1.23 bits per heavy atom. The highest BCUT2D eigenvalue weighted by Crippen LogP contribution is 2.36. The number of pyridine rings is 1. The zero-order valence-electron chi connectivity index (χ0n) is 13.8. The van der Waals surface area contributed by atoms with Crippen molar-refractivity contribution in [3.63, 3.8) is 0 Å². The molecule has 0 bridgehead atoms. The summed E-state index contributed by atoms with van der Waals surface area (Å²) in [6.07, 6.45) is 1.84. The van der Waals surface area contributed by atoms with Crippen LogP contribution in [0.15, 0.2) is 79.0 Å². The van der Waals surface area contributed by atoms with Crippen molar-refractivity contribution in [1.29, 1.82) is 0 Å². The molecule has 0 atom stereocenters. The van der Waals surface area contributed by atoms with Gasteiger partial charge in [-0.1, -0.05) is 48.5 Å². The fourth-order valence-electron chi connectivity index (χ4n) is 3.90. The molecule has 0 N–H and O–H groups in total. The summed E-state index contributed by atoms with van der Waals surface area (Å²) in [5.74, 6) is 0. The minimum absolute atomic E-state index is 0.907. The highest BCUT2D eigenvalue weighted by atomic mass is 14.8. The molecule has 6 aromatic rings. The summed E-state index contributed by atoms with van der Waals surface area (Å²) in [5, 5.41) is 5.68. The molecule has 0 unspecified atom stereocenters. The summed E-state index contributed by atoms with van der Waals surface area (Å²) in [5.41, 5.74) is 4.65. The summed E-state index contributed by atoms with van der Waals surface area (Å²) in [7, 11) is 0. The van der Waals surface area contributed by atoms with Gasteiger partial charge in [-0.3, -0.25) is 4.98 Å². The van der Waals surface area contributed by atoms with Crippen LogP contribution in [-0.2, 0) is 0 Å². The lowest BCUT2D eigenvalue weighted by Gasteiger charge is -2.11. The second-order valence-electron chi connectivity index (χ2n) is 6.52. The average molecular weight is 331 g/mol. The number of hydrogen-bond acceptors (Lipinski definition) is 3. The summed E-state index contributed by atoms with van der Waals surface area (Å²) in [6, 6.07) is 24.8. The summed E-state index contributed by atoms with van der Waals surface area (Å²) in [4.78, 5) is 14.7. The molecule has 2 heterocycles. The Bertz CT molecular complexity index is 1460. The van der Waals surface area contributed by atoms with Crippen molar-refractivity contribution in [2.24, 2.45) is 0 Å². The van der Waals surface area contributed by atoms with Gasteiger partial charge in [0.25, 0.3) is 0 Å². The molecule has 0 aliphatic carbocycles. The van der Waals surface area contributed by atoms with Crippen LogP contribution < -0.4 is 0 Å². The van der Waals surface area contributed by atoms with Crippen LogP contribution in [0, 0.1) is 0 Å². The van der Waals surface area contributed by atoms with Crippen LogP contribution in [0.3, 0.4) is 0 Å². The third-order valence-corrected chi connectivity index (χ3v) is 5.05. The van der Waals surface area contributed by atoms with Crippen LogP contribution >= 0.6 is 0 Å². The average Bonchev–Trinajstić information content (AvgIpc) is 2.72. The van der Waals surface area contributed by atoms with Crippen LogP contribution in [-0.4, -0.2) is 15.0 Å². The third-order valence-electron chi connectivity index (χ3n) is 5.05. The van der Waals surface area contributed by atoms with Crippen LogP contribution in [0.25, 0.3) is 54.5 Å². The highest BCUT2D eigenvalue weighted by Gasteiger charge is 2.14. The quantitative estimate of drug-likeness (QED) is 0.267. The number of fused-ring (bicyclic) bond motifs is 9. The van der Waals surface area contributed by atoms with Crippen molar-refractivity contribution in [3.05, 3.63) is 79.0 Å². The molecular weight excluding hydrogens is 318 g/mol. The Hall–Kier alpha value is -3.59. The van der Waals surface area contributed by atoms with E-state index in [-0.39, 0.29) is 0 Å². The van der Waals surface area contributed by atoms with E-state index in [1.54, 1.807) is 0 Å². The molecule has 0 fully saturated rings. The molecule has 0 amide bonds. The lowest BCUT2D eigenvalue weighted by atomic mass is 9.97. The number of nitrogens with zero attached hydrogens (tertiary/aromatic N) is 3. The highest BCUT2D eigenvalue weighted by molar-refractivity contribution is 6.29. The van der Waals surface area contributed by atoms with Gasteiger partial charge in [0.2, 0.25) is 0 Å².